The Labute approximate surface area is 139 Å². The highest BCUT2D eigenvalue weighted by Gasteiger charge is 2.30. The first kappa shape index (κ1) is 15.0. The van der Waals surface area contributed by atoms with Gasteiger partial charge in [-0.1, -0.05) is 72.5 Å². The molecule has 1 saturated heterocycles. The number of carbonyl (C=O) groups excluding carboxylic acids is 1. The molecule has 1 aliphatic rings. The molecule has 0 aromatic heterocycles. The minimum absolute atomic E-state index is 0.00242. The Bertz CT molecular complexity index is 753. The second-order valence-corrected chi connectivity index (χ2v) is 6.59. The molecule has 1 fully saturated rings. The molecule has 4 heteroatoms. The summed E-state index contributed by atoms with van der Waals surface area (Å²) >= 11 is 6.61. The van der Waals surface area contributed by atoms with Crippen LogP contribution in [0, 0.1) is 0 Å². The normalized spacial score (nSPS) is 16.6. The molecule has 1 amide bonds. The number of thioether (sulfide) groups is 1. The summed E-state index contributed by atoms with van der Waals surface area (Å²) < 4.78 is 0.637. The number of nitrogens with zero attached hydrogens (tertiary/aromatic N) is 1. The lowest BCUT2D eigenvalue weighted by atomic mass is 10.0. The number of amides is 1. The first-order valence-electron chi connectivity index (χ1n) is 7.10. The van der Waals surface area contributed by atoms with E-state index in [9.17, 15) is 4.79 Å². The first-order chi connectivity index (χ1) is 10.7. The molecule has 3 rings (SSSR count). The third-order valence-corrected chi connectivity index (χ3v) is 4.86. The van der Waals surface area contributed by atoms with Crippen molar-refractivity contribution in [2.75, 3.05) is 6.54 Å². The van der Waals surface area contributed by atoms with Gasteiger partial charge in [0.05, 0.1) is 4.91 Å². The lowest BCUT2D eigenvalue weighted by molar-refractivity contribution is -0.121. The Hall–Kier alpha value is -1.91. The average molecular weight is 325 g/mol. The Balaban J connectivity index is 1.92. The standard InChI is InChI=1S/C18H15NOS2/c1-2-19-17(20)16(22-18(19)21)12-13-7-6-10-15(11-13)14-8-4-3-5-9-14/h3-12H,2H2,1H3/b16-12-. The Morgan fingerprint density at radius 1 is 1.09 bits per heavy atom. The van der Waals surface area contributed by atoms with Crippen molar-refractivity contribution in [2.24, 2.45) is 0 Å². The number of hydrogen-bond acceptors (Lipinski definition) is 3. The predicted octanol–water partition coefficient (Wildman–Crippen LogP) is 4.57. The maximum Gasteiger partial charge on any atom is 0.266 e. The highest BCUT2D eigenvalue weighted by Crippen LogP contribution is 2.32. The quantitative estimate of drug-likeness (QED) is 0.609. The Morgan fingerprint density at radius 3 is 2.50 bits per heavy atom. The van der Waals surface area contributed by atoms with Crippen molar-refractivity contribution < 1.29 is 4.79 Å². The van der Waals surface area contributed by atoms with Gasteiger partial charge in [0.15, 0.2) is 0 Å². The second kappa shape index (κ2) is 6.46. The van der Waals surface area contributed by atoms with Gasteiger partial charge in [-0.3, -0.25) is 9.69 Å². The monoisotopic (exact) mass is 325 g/mol. The molecule has 0 bridgehead atoms. The summed E-state index contributed by atoms with van der Waals surface area (Å²) in [5.74, 6) is 0.00242. The zero-order chi connectivity index (χ0) is 15.5. The lowest BCUT2D eigenvalue weighted by Crippen LogP contribution is -2.27. The molecule has 0 spiro atoms. The summed E-state index contributed by atoms with van der Waals surface area (Å²) in [6.07, 6.45) is 1.92. The van der Waals surface area contributed by atoms with E-state index in [4.69, 9.17) is 12.2 Å². The van der Waals surface area contributed by atoms with Crippen molar-refractivity contribution in [3.8, 4) is 11.1 Å². The summed E-state index contributed by atoms with van der Waals surface area (Å²) in [6.45, 7) is 2.55. The van der Waals surface area contributed by atoms with Crippen molar-refractivity contribution in [1.82, 2.24) is 4.90 Å². The number of thiocarbonyl (C=S) groups is 1. The molecule has 2 aromatic carbocycles. The fraction of sp³-hybridized carbons (Fsp3) is 0.111. The minimum Gasteiger partial charge on any atom is -0.293 e. The van der Waals surface area contributed by atoms with E-state index in [1.54, 1.807) is 4.90 Å². The molecule has 1 aliphatic heterocycles. The molecular formula is C18H15NOS2. The minimum atomic E-state index is 0.00242. The molecule has 0 atom stereocenters. The maximum atomic E-state index is 12.3. The van der Waals surface area contributed by atoms with Crippen molar-refractivity contribution in [3.63, 3.8) is 0 Å². The third-order valence-electron chi connectivity index (χ3n) is 3.48. The van der Waals surface area contributed by atoms with Crippen LogP contribution < -0.4 is 0 Å². The van der Waals surface area contributed by atoms with Crippen LogP contribution in [0.4, 0.5) is 0 Å². The van der Waals surface area contributed by atoms with Gasteiger partial charge in [-0.2, -0.15) is 0 Å². The van der Waals surface area contributed by atoms with E-state index >= 15 is 0 Å². The highest BCUT2D eigenvalue weighted by atomic mass is 32.2. The van der Waals surface area contributed by atoms with Gasteiger partial charge in [-0.25, -0.2) is 0 Å². The van der Waals surface area contributed by atoms with Crippen LogP contribution in [-0.2, 0) is 4.79 Å². The smallest absolute Gasteiger partial charge is 0.266 e. The average Bonchev–Trinajstić information content (AvgIpc) is 2.82. The van der Waals surface area contributed by atoms with E-state index in [1.807, 2.05) is 43.3 Å². The molecule has 0 aliphatic carbocycles. The van der Waals surface area contributed by atoms with Gasteiger partial charge in [-0.05, 0) is 35.8 Å². The fourth-order valence-electron chi connectivity index (χ4n) is 2.36. The summed E-state index contributed by atoms with van der Waals surface area (Å²) in [5, 5.41) is 0. The number of hydrogen-bond donors (Lipinski definition) is 0. The van der Waals surface area contributed by atoms with Crippen LogP contribution >= 0.6 is 24.0 Å². The van der Waals surface area contributed by atoms with Gasteiger partial charge < -0.3 is 0 Å². The van der Waals surface area contributed by atoms with E-state index in [0.29, 0.717) is 15.8 Å². The van der Waals surface area contributed by atoms with Crippen molar-refractivity contribution >= 4 is 40.3 Å². The Kier molecular flexibility index (Phi) is 4.41. The van der Waals surface area contributed by atoms with E-state index in [-0.39, 0.29) is 5.91 Å². The summed E-state index contributed by atoms with van der Waals surface area (Å²) in [7, 11) is 0. The van der Waals surface area contributed by atoms with E-state index in [2.05, 4.69) is 24.3 Å². The maximum absolute atomic E-state index is 12.3. The van der Waals surface area contributed by atoms with Crippen LogP contribution in [0.5, 0.6) is 0 Å². The van der Waals surface area contributed by atoms with Gasteiger partial charge in [0.25, 0.3) is 5.91 Å². The van der Waals surface area contributed by atoms with Crippen LogP contribution in [0.1, 0.15) is 12.5 Å². The van der Waals surface area contributed by atoms with E-state index < -0.39 is 0 Å². The summed E-state index contributed by atoms with van der Waals surface area (Å²) in [4.78, 5) is 14.6. The molecule has 1 heterocycles. The predicted molar refractivity (Wildman–Crippen MR) is 97.4 cm³/mol. The highest BCUT2D eigenvalue weighted by molar-refractivity contribution is 8.26. The van der Waals surface area contributed by atoms with Crippen LogP contribution in [0.25, 0.3) is 17.2 Å². The molecular weight excluding hydrogens is 310 g/mol. The van der Waals surface area contributed by atoms with E-state index in [0.717, 1.165) is 11.1 Å². The van der Waals surface area contributed by atoms with Crippen molar-refractivity contribution in [1.29, 1.82) is 0 Å². The van der Waals surface area contributed by atoms with Crippen molar-refractivity contribution in [2.45, 2.75) is 6.92 Å². The van der Waals surface area contributed by atoms with Gasteiger partial charge >= 0.3 is 0 Å². The van der Waals surface area contributed by atoms with Crippen LogP contribution in [0.3, 0.4) is 0 Å². The molecule has 0 radical (unpaired) electrons. The number of carbonyl (C=O) groups is 1. The molecule has 2 aromatic rings. The number of rotatable bonds is 3. The topological polar surface area (TPSA) is 20.3 Å². The number of likely N-dealkylation sites (N-methyl/N-ethyl adjacent to an activating group) is 1. The fourth-order valence-corrected chi connectivity index (χ4v) is 3.75. The molecule has 22 heavy (non-hydrogen) atoms. The Morgan fingerprint density at radius 2 is 1.82 bits per heavy atom. The SMILES string of the molecule is CCN1C(=O)/C(=C/c2cccc(-c3ccccc3)c2)SC1=S. The molecule has 2 nitrogen and oxygen atoms in total. The van der Waals surface area contributed by atoms with Gasteiger partial charge in [0, 0.05) is 6.54 Å². The second-order valence-electron chi connectivity index (χ2n) is 4.92. The van der Waals surface area contributed by atoms with E-state index in [1.165, 1.54) is 17.3 Å². The van der Waals surface area contributed by atoms with Gasteiger partial charge in [0.2, 0.25) is 0 Å². The molecule has 110 valence electrons. The van der Waals surface area contributed by atoms with Crippen LogP contribution in [0.15, 0.2) is 59.5 Å². The van der Waals surface area contributed by atoms with Gasteiger partial charge in [0.1, 0.15) is 4.32 Å². The lowest BCUT2D eigenvalue weighted by Gasteiger charge is -2.09. The molecule has 0 unspecified atom stereocenters. The van der Waals surface area contributed by atoms with Crippen molar-refractivity contribution in [3.05, 3.63) is 65.1 Å². The zero-order valence-electron chi connectivity index (χ0n) is 12.2. The largest absolute Gasteiger partial charge is 0.293 e. The van der Waals surface area contributed by atoms with Crippen LogP contribution in [0.2, 0.25) is 0 Å². The first-order valence-corrected chi connectivity index (χ1v) is 8.32. The summed E-state index contributed by atoms with van der Waals surface area (Å²) in [6, 6.07) is 18.4. The van der Waals surface area contributed by atoms with Crippen LogP contribution in [-0.4, -0.2) is 21.7 Å². The summed E-state index contributed by atoms with van der Waals surface area (Å²) in [5.41, 5.74) is 3.32. The third kappa shape index (κ3) is 2.98. The zero-order valence-corrected chi connectivity index (χ0v) is 13.8. The number of benzene rings is 2. The van der Waals surface area contributed by atoms with Gasteiger partial charge in [-0.15, -0.1) is 0 Å². The molecule has 0 saturated carbocycles. The molecule has 0 N–H and O–H groups in total.